The van der Waals surface area contributed by atoms with E-state index in [2.05, 4.69) is 6.58 Å². The van der Waals surface area contributed by atoms with Crippen molar-refractivity contribution in [2.45, 2.75) is 55.8 Å². The van der Waals surface area contributed by atoms with Crippen LogP contribution in [0.2, 0.25) is 0 Å². The fourth-order valence-electron chi connectivity index (χ4n) is 4.22. The van der Waals surface area contributed by atoms with Crippen molar-refractivity contribution in [1.82, 2.24) is 0 Å². The summed E-state index contributed by atoms with van der Waals surface area (Å²) in [6.07, 6.45) is 9.42. The van der Waals surface area contributed by atoms with Crippen molar-refractivity contribution in [3.8, 4) is 0 Å². The van der Waals surface area contributed by atoms with Gasteiger partial charge >= 0.3 is 5.97 Å². The zero-order chi connectivity index (χ0) is 20.3. The highest BCUT2D eigenvalue weighted by molar-refractivity contribution is 5.65. The monoisotopic (exact) mass is 408 g/mol. The minimum Gasteiger partial charge on any atom is -0.462 e. The Hall–Kier alpha value is -1.55. The highest BCUT2D eigenvalue weighted by Crippen LogP contribution is 2.41. The Morgan fingerprint density at radius 2 is 1.45 bits per heavy atom. The second kappa shape index (κ2) is 8.67. The maximum atomic E-state index is 10.9. The van der Waals surface area contributed by atoms with Crippen molar-refractivity contribution < 1.29 is 38.0 Å². The van der Waals surface area contributed by atoms with Crippen LogP contribution in [0.4, 0.5) is 0 Å². The number of hydrogen-bond donors (Lipinski definition) is 0. The first kappa shape index (κ1) is 20.7. The molecule has 4 heterocycles. The van der Waals surface area contributed by atoms with Gasteiger partial charge in [-0.2, -0.15) is 0 Å². The lowest BCUT2D eigenvalue weighted by molar-refractivity contribution is -0.176. The summed E-state index contributed by atoms with van der Waals surface area (Å²) < 4.78 is 40.5. The quantitative estimate of drug-likeness (QED) is 0.485. The molecule has 0 N–H and O–H groups in total. The van der Waals surface area contributed by atoms with E-state index in [1.807, 2.05) is 18.2 Å². The van der Waals surface area contributed by atoms with Crippen LogP contribution in [0.5, 0.6) is 0 Å². The van der Waals surface area contributed by atoms with Gasteiger partial charge in [-0.3, -0.25) is 4.79 Å². The molecule has 0 aromatic carbocycles. The normalized spacial score (nSPS) is 35.5. The smallest absolute Gasteiger partial charge is 0.302 e. The van der Waals surface area contributed by atoms with Crippen LogP contribution in [0.25, 0.3) is 0 Å². The third-order valence-electron chi connectivity index (χ3n) is 5.48. The molecule has 160 valence electrons. The van der Waals surface area contributed by atoms with Crippen molar-refractivity contribution in [3.05, 3.63) is 37.0 Å². The van der Waals surface area contributed by atoms with Gasteiger partial charge in [-0.15, -0.1) is 6.58 Å². The highest BCUT2D eigenvalue weighted by Gasteiger charge is 2.53. The van der Waals surface area contributed by atoms with E-state index >= 15 is 0 Å². The van der Waals surface area contributed by atoms with Crippen molar-refractivity contribution in [2.24, 2.45) is 0 Å². The van der Waals surface area contributed by atoms with Crippen LogP contribution in [0.3, 0.4) is 0 Å². The summed E-state index contributed by atoms with van der Waals surface area (Å²) in [4.78, 5) is 10.9. The van der Waals surface area contributed by atoms with Crippen molar-refractivity contribution in [3.63, 3.8) is 0 Å². The van der Waals surface area contributed by atoms with Gasteiger partial charge in [0.2, 0.25) is 11.6 Å². The summed E-state index contributed by atoms with van der Waals surface area (Å²) >= 11 is 0. The van der Waals surface area contributed by atoms with Gasteiger partial charge in [-0.1, -0.05) is 24.3 Å². The van der Waals surface area contributed by atoms with Crippen LogP contribution >= 0.6 is 0 Å². The zero-order valence-electron chi connectivity index (χ0n) is 16.6. The Bertz CT molecular complexity index is 660. The number of hydrogen-bond acceptors (Lipinski definition) is 8. The number of rotatable bonds is 6. The summed E-state index contributed by atoms with van der Waals surface area (Å²) in [5, 5.41) is 0. The van der Waals surface area contributed by atoms with Crippen LogP contribution in [0.1, 0.15) is 19.8 Å². The molecule has 0 radical (unpaired) electrons. The molecule has 4 aliphatic rings. The first-order valence-electron chi connectivity index (χ1n) is 10.0. The van der Waals surface area contributed by atoms with Gasteiger partial charge in [-0.25, -0.2) is 0 Å². The third-order valence-corrected chi connectivity index (χ3v) is 5.48. The van der Waals surface area contributed by atoms with E-state index in [9.17, 15) is 4.79 Å². The molecular formula is C21H28O8. The second-order valence-electron chi connectivity index (χ2n) is 7.47. The van der Waals surface area contributed by atoms with E-state index in [0.29, 0.717) is 39.3 Å². The number of carbonyl (C=O) groups is 1. The first-order valence-corrected chi connectivity index (χ1v) is 10.0. The summed E-state index contributed by atoms with van der Waals surface area (Å²) in [6.45, 7) is 7.57. The average molecular weight is 408 g/mol. The Labute approximate surface area is 170 Å². The van der Waals surface area contributed by atoms with E-state index in [-0.39, 0.29) is 37.0 Å². The lowest BCUT2D eigenvalue weighted by Crippen LogP contribution is -2.38. The fourth-order valence-corrected chi connectivity index (χ4v) is 4.22. The summed E-state index contributed by atoms with van der Waals surface area (Å²) in [6, 6.07) is 0. The average Bonchev–Trinajstić information content (AvgIpc) is 3.48. The predicted octanol–water partition coefficient (Wildman–Crippen LogP) is 1.65. The molecular weight excluding hydrogens is 380 g/mol. The predicted molar refractivity (Wildman–Crippen MR) is 101 cm³/mol. The highest BCUT2D eigenvalue weighted by atomic mass is 16.8. The molecule has 0 aromatic heterocycles. The zero-order valence-corrected chi connectivity index (χ0v) is 16.6. The summed E-state index contributed by atoms with van der Waals surface area (Å²) in [5.41, 5.74) is 0. The van der Waals surface area contributed by atoms with Crippen molar-refractivity contribution in [1.29, 1.82) is 0 Å². The molecule has 4 saturated heterocycles. The largest absolute Gasteiger partial charge is 0.462 e. The van der Waals surface area contributed by atoms with Gasteiger partial charge in [0.15, 0.2) is 0 Å². The molecule has 4 rings (SSSR count). The molecule has 4 aliphatic heterocycles. The molecule has 8 nitrogen and oxygen atoms in total. The van der Waals surface area contributed by atoms with E-state index < -0.39 is 11.6 Å². The van der Waals surface area contributed by atoms with E-state index in [4.69, 9.17) is 33.2 Å². The van der Waals surface area contributed by atoms with Crippen LogP contribution in [-0.2, 0) is 38.0 Å². The standard InChI is InChI=1S/C21H28O8/c1-3-18-20(24-9-10-25-20)13-16(28-18)6-7-17-14-21(26-11-12-27-21)19(29-17)5-4-8-23-15(2)22/h3-7,16-19H,1,8-14H2,2H3/b5-4+,7-6-/t16-,17+,18+,19-/m0/s1. The van der Waals surface area contributed by atoms with Gasteiger partial charge < -0.3 is 33.2 Å². The van der Waals surface area contributed by atoms with Gasteiger partial charge in [0.05, 0.1) is 38.6 Å². The van der Waals surface area contributed by atoms with E-state index in [0.717, 1.165) is 0 Å². The molecule has 0 unspecified atom stereocenters. The Balaban J connectivity index is 1.38. The van der Waals surface area contributed by atoms with Gasteiger partial charge in [0, 0.05) is 19.8 Å². The maximum absolute atomic E-state index is 10.9. The molecule has 0 amide bonds. The number of carbonyl (C=O) groups excluding carboxylic acids is 1. The molecule has 0 saturated carbocycles. The summed E-state index contributed by atoms with van der Waals surface area (Å²) in [7, 11) is 0. The van der Waals surface area contributed by atoms with Crippen molar-refractivity contribution >= 4 is 5.97 Å². The SMILES string of the molecule is C=C[C@H]1O[C@@H](/C=C\[C@@H]2CC3(OCCO3)[C@H](/C=C/COC(C)=O)O2)CC12OCCO2. The minimum absolute atomic E-state index is 0.153. The molecule has 29 heavy (non-hydrogen) atoms. The molecule has 2 spiro atoms. The van der Waals surface area contributed by atoms with Crippen LogP contribution in [-0.4, -0.2) is 75.0 Å². The molecule has 4 atom stereocenters. The molecule has 0 bridgehead atoms. The van der Waals surface area contributed by atoms with Crippen LogP contribution in [0, 0.1) is 0 Å². The van der Waals surface area contributed by atoms with E-state index in [1.54, 1.807) is 12.2 Å². The molecule has 4 fully saturated rings. The number of ether oxygens (including phenoxy) is 7. The number of esters is 1. The Morgan fingerprint density at radius 3 is 1.97 bits per heavy atom. The lowest BCUT2D eigenvalue weighted by atomic mass is 10.0. The van der Waals surface area contributed by atoms with Crippen LogP contribution < -0.4 is 0 Å². The maximum Gasteiger partial charge on any atom is 0.302 e. The Kier molecular flexibility index (Phi) is 6.19. The van der Waals surface area contributed by atoms with Gasteiger partial charge in [-0.05, 0) is 6.08 Å². The first-order chi connectivity index (χ1) is 14.1. The molecule has 8 heteroatoms. The second-order valence-corrected chi connectivity index (χ2v) is 7.47. The lowest BCUT2D eigenvalue weighted by Gasteiger charge is -2.25. The van der Waals surface area contributed by atoms with Gasteiger partial charge in [0.1, 0.15) is 18.8 Å². The van der Waals surface area contributed by atoms with Gasteiger partial charge in [0.25, 0.3) is 0 Å². The topological polar surface area (TPSA) is 81.7 Å². The van der Waals surface area contributed by atoms with E-state index in [1.165, 1.54) is 6.92 Å². The minimum atomic E-state index is -0.805. The fraction of sp³-hybridized carbons (Fsp3) is 0.667. The Morgan fingerprint density at radius 1 is 0.931 bits per heavy atom. The molecule has 0 aliphatic carbocycles. The van der Waals surface area contributed by atoms with Crippen molar-refractivity contribution in [2.75, 3.05) is 33.0 Å². The third kappa shape index (κ3) is 4.33. The molecule has 0 aromatic rings. The summed E-state index contributed by atoms with van der Waals surface area (Å²) in [5.74, 6) is -1.86. The van der Waals surface area contributed by atoms with Crippen LogP contribution in [0.15, 0.2) is 37.0 Å².